The van der Waals surface area contributed by atoms with Gasteiger partial charge in [0.15, 0.2) is 0 Å². The Hall–Kier alpha value is -2.14. The van der Waals surface area contributed by atoms with Gasteiger partial charge in [0.05, 0.1) is 18.6 Å². The summed E-state index contributed by atoms with van der Waals surface area (Å²) in [4.78, 5) is 30.5. The van der Waals surface area contributed by atoms with E-state index in [1.807, 2.05) is 24.3 Å². The first-order valence-electron chi connectivity index (χ1n) is 9.36. The summed E-state index contributed by atoms with van der Waals surface area (Å²) in [5, 5.41) is 7.12. The van der Waals surface area contributed by atoms with Crippen molar-refractivity contribution in [2.45, 2.75) is 32.0 Å². The molecule has 1 amide bonds. The minimum Gasteiger partial charge on any atom is -0.475 e. The van der Waals surface area contributed by atoms with Crippen molar-refractivity contribution in [3.63, 3.8) is 0 Å². The van der Waals surface area contributed by atoms with Crippen LogP contribution in [-0.2, 0) is 27.9 Å². The molecule has 1 N–H and O–H groups in total. The number of carboxylic acids is 1. The Kier molecular flexibility index (Phi) is 7.64. The minimum atomic E-state index is -5.08. The molecule has 2 aliphatic rings. The van der Waals surface area contributed by atoms with E-state index in [0.717, 1.165) is 57.8 Å². The van der Waals surface area contributed by atoms with E-state index in [2.05, 4.69) is 14.5 Å². The van der Waals surface area contributed by atoms with E-state index in [1.54, 1.807) is 7.11 Å². The third kappa shape index (κ3) is 5.92. The number of likely N-dealkylation sites (tertiary alicyclic amines) is 2. The fourth-order valence-corrected chi connectivity index (χ4v) is 3.80. The van der Waals surface area contributed by atoms with Crippen molar-refractivity contribution in [1.82, 2.24) is 19.4 Å². The van der Waals surface area contributed by atoms with Crippen LogP contribution in [0.1, 0.15) is 25.1 Å². The van der Waals surface area contributed by atoms with Crippen LogP contribution in [0.15, 0.2) is 12.4 Å². The molecule has 0 aliphatic carbocycles. The zero-order chi connectivity index (χ0) is 21.7. The lowest BCUT2D eigenvalue weighted by Gasteiger charge is -2.38. The summed E-state index contributed by atoms with van der Waals surface area (Å²) in [5.41, 5.74) is -0.169. The highest BCUT2D eigenvalue weighted by molar-refractivity contribution is 5.85. The molecule has 11 heteroatoms. The number of carbonyl (C=O) groups excluding carboxylic acids is 1. The van der Waals surface area contributed by atoms with Gasteiger partial charge in [0, 0.05) is 46.2 Å². The maximum atomic E-state index is 12.8. The van der Waals surface area contributed by atoms with Crippen LogP contribution in [0.3, 0.4) is 0 Å². The number of hydrogen-bond acceptors (Lipinski definition) is 5. The summed E-state index contributed by atoms with van der Waals surface area (Å²) >= 11 is 0. The van der Waals surface area contributed by atoms with Crippen LogP contribution in [0.5, 0.6) is 0 Å². The van der Waals surface area contributed by atoms with Crippen molar-refractivity contribution in [2.24, 2.45) is 12.5 Å². The molecule has 3 heterocycles. The standard InChI is InChI=1S/C16H26N4O2.C2HF3O2/c1-18-9-6-17-14(18)12-19-7-3-4-16(13-19)5-8-20(15(16)21)10-11-22-2;3-2(4,5)1(6)7/h6,9H,3-5,7-8,10-13H2,1-2H3;(H,6,7). The fraction of sp³-hybridized carbons (Fsp3) is 0.722. The number of piperidine rings is 1. The molecule has 0 bridgehead atoms. The molecule has 1 aromatic rings. The number of aromatic nitrogens is 2. The zero-order valence-corrected chi connectivity index (χ0v) is 16.6. The quantitative estimate of drug-likeness (QED) is 0.777. The van der Waals surface area contributed by atoms with Gasteiger partial charge in [-0.1, -0.05) is 0 Å². The molecular formula is C18H27F3N4O4. The first-order valence-corrected chi connectivity index (χ1v) is 9.36. The topological polar surface area (TPSA) is 87.9 Å². The molecule has 0 saturated carbocycles. The average molecular weight is 420 g/mol. The number of imidazole rings is 1. The van der Waals surface area contributed by atoms with Crippen LogP contribution < -0.4 is 0 Å². The Morgan fingerprint density at radius 2 is 2.03 bits per heavy atom. The highest BCUT2D eigenvalue weighted by atomic mass is 19.4. The number of carboxylic acid groups (broad SMARTS) is 1. The monoisotopic (exact) mass is 420 g/mol. The number of carbonyl (C=O) groups is 2. The lowest BCUT2D eigenvalue weighted by molar-refractivity contribution is -0.192. The van der Waals surface area contributed by atoms with E-state index in [4.69, 9.17) is 14.6 Å². The summed E-state index contributed by atoms with van der Waals surface area (Å²) in [7, 11) is 3.71. The number of methoxy groups -OCH3 is 1. The zero-order valence-electron chi connectivity index (χ0n) is 16.6. The fourth-order valence-electron chi connectivity index (χ4n) is 3.80. The van der Waals surface area contributed by atoms with Crippen LogP contribution in [0.4, 0.5) is 13.2 Å². The number of hydrogen-bond donors (Lipinski definition) is 1. The van der Waals surface area contributed by atoms with Crippen molar-refractivity contribution < 1.29 is 32.6 Å². The smallest absolute Gasteiger partial charge is 0.475 e. The molecule has 0 aromatic carbocycles. The molecule has 3 rings (SSSR count). The molecule has 2 aliphatic heterocycles. The van der Waals surface area contributed by atoms with Gasteiger partial charge >= 0.3 is 12.1 Å². The van der Waals surface area contributed by atoms with Gasteiger partial charge in [-0.15, -0.1) is 0 Å². The molecule has 1 atom stereocenters. The van der Waals surface area contributed by atoms with E-state index < -0.39 is 12.1 Å². The van der Waals surface area contributed by atoms with Crippen LogP contribution in [0.25, 0.3) is 0 Å². The normalized spacial score (nSPS) is 22.7. The van der Waals surface area contributed by atoms with E-state index in [-0.39, 0.29) is 5.41 Å². The van der Waals surface area contributed by atoms with Gasteiger partial charge in [-0.3, -0.25) is 9.69 Å². The first kappa shape index (κ1) is 23.1. The summed E-state index contributed by atoms with van der Waals surface area (Å²) in [5.74, 6) is -1.36. The van der Waals surface area contributed by atoms with Crippen molar-refractivity contribution in [3.05, 3.63) is 18.2 Å². The number of rotatable bonds is 5. The van der Waals surface area contributed by atoms with Gasteiger partial charge in [-0.2, -0.15) is 13.2 Å². The second kappa shape index (κ2) is 9.57. The number of ether oxygens (including phenoxy) is 1. The van der Waals surface area contributed by atoms with Gasteiger partial charge in [0.1, 0.15) is 5.82 Å². The summed E-state index contributed by atoms with van der Waals surface area (Å²) in [6, 6.07) is 0. The number of halogens is 3. The highest BCUT2D eigenvalue weighted by Gasteiger charge is 2.48. The summed E-state index contributed by atoms with van der Waals surface area (Å²) in [6.45, 7) is 4.96. The Morgan fingerprint density at radius 3 is 2.59 bits per heavy atom. The average Bonchev–Trinajstić information content (AvgIpc) is 3.18. The number of amides is 1. The molecule has 1 spiro atoms. The molecule has 8 nitrogen and oxygen atoms in total. The number of alkyl halides is 3. The maximum Gasteiger partial charge on any atom is 0.490 e. The van der Waals surface area contributed by atoms with Gasteiger partial charge in [-0.25, -0.2) is 9.78 Å². The third-order valence-electron chi connectivity index (χ3n) is 5.35. The lowest BCUT2D eigenvalue weighted by Crippen LogP contribution is -2.48. The number of aliphatic carboxylic acids is 1. The third-order valence-corrected chi connectivity index (χ3v) is 5.35. The largest absolute Gasteiger partial charge is 0.490 e. The van der Waals surface area contributed by atoms with Gasteiger partial charge < -0.3 is 19.3 Å². The van der Waals surface area contributed by atoms with E-state index in [1.165, 1.54) is 0 Å². The van der Waals surface area contributed by atoms with Crippen LogP contribution in [0.2, 0.25) is 0 Å². The Bertz CT molecular complexity index is 710. The first-order chi connectivity index (χ1) is 13.6. The van der Waals surface area contributed by atoms with Crippen molar-refractivity contribution in [1.29, 1.82) is 0 Å². The number of nitrogens with zero attached hydrogens (tertiary/aromatic N) is 4. The predicted molar refractivity (Wildman–Crippen MR) is 96.9 cm³/mol. The summed E-state index contributed by atoms with van der Waals surface area (Å²) in [6.07, 6.45) is 1.82. The van der Waals surface area contributed by atoms with Crippen LogP contribution in [0, 0.1) is 5.41 Å². The Labute approximate surface area is 167 Å². The molecule has 0 radical (unpaired) electrons. The van der Waals surface area contributed by atoms with Crippen LogP contribution >= 0.6 is 0 Å². The van der Waals surface area contributed by atoms with Gasteiger partial charge in [0.25, 0.3) is 0 Å². The second-order valence-electron chi connectivity index (χ2n) is 7.39. The minimum absolute atomic E-state index is 0.169. The van der Waals surface area contributed by atoms with Crippen molar-refractivity contribution in [3.8, 4) is 0 Å². The highest BCUT2D eigenvalue weighted by Crippen LogP contribution is 2.40. The second-order valence-corrected chi connectivity index (χ2v) is 7.39. The van der Waals surface area contributed by atoms with Gasteiger partial charge in [-0.05, 0) is 25.8 Å². The van der Waals surface area contributed by atoms with Crippen molar-refractivity contribution >= 4 is 11.9 Å². The van der Waals surface area contributed by atoms with Gasteiger partial charge in [0.2, 0.25) is 5.91 Å². The maximum absolute atomic E-state index is 12.8. The molecule has 164 valence electrons. The molecule has 29 heavy (non-hydrogen) atoms. The predicted octanol–water partition coefficient (Wildman–Crippen LogP) is 1.51. The molecule has 2 saturated heterocycles. The van der Waals surface area contributed by atoms with E-state index >= 15 is 0 Å². The van der Waals surface area contributed by atoms with Crippen LogP contribution in [-0.4, -0.2) is 82.4 Å². The lowest BCUT2D eigenvalue weighted by atomic mass is 9.78. The molecule has 1 aromatic heterocycles. The SMILES string of the molecule is COCCN1CCC2(CCCN(Cc3nccn3C)C2)C1=O.O=C(O)C(F)(F)F. The Balaban J connectivity index is 0.000000370. The van der Waals surface area contributed by atoms with Crippen molar-refractivity contribution in [2.75, 3.05) is 39.9 Å². The molecule has 1 unspecified atom stereocenters. The van der Waals surface area contributed by atoms with E-state index in [0.29, 0.717) is 12.5 Å². The Morgan fingerprint density at radius 1 is 1.34 bits per heavy atom. The molecular weight excluding hydrogens is 393 g/mol. The molecule has 2 fully saturated rings. The summed E-state index contributed by atoms with van der Waals surface area (Å²) < 4.78 is 38.9. The number of aryl methyl sites for hydroxylation is 1. The van der Waals surface area contributed by atoms with E-state index in [9.17, 15) is 18.0 Å².